The SMILES string of the molecule is CC(C)(C)OC(=O)NC1CCCC(=O)C1.CC(C)(C)OC(=O)NC1CCCC(NC2(c3ccccc3)CC2)C1.CCN(C(=O)OC(C)(C)C)C1CCCC(NC2(c3ccccc3)CC2)C1.CCN(C(=O)c1cc2ncccc2[nH]1)[C@H]1CCC[C@@H](NC2(c3ccccc3)CC2)C1.CCNC1CCCC(NC2(c3ccccc3)CC2)C1.NC1(c2ccccc2)CC1.O=C(O)c1cc2ncccc2[nH]1.[2H]CF. The number of aromatic carboxylic acids is 1. The maximum Gasteiger partial charge on any atom is 0.410 e. The second-order valence-electron chi connectivity index (χ2n) is 42.6. The van der Waals surface area contributed by atoms with E-state index in [2.05, 4.69) is 209 Å². The fourth-order valence-electron chi connectivity index (χ4n) is 20.6. The molecular weight excluding hydrogens is 1730 g/mol. The Morgan fingerprint density at radius 2 is 0.783 bits per heavy atom. The number of amides is 4. The van der Waals surface area contributed by atoms with Crippen molar-refractivity contribution < 1.29 is 53.8 Å². The fraction of sp³-hybridized carbons (Fsp3) is 0.558. The maximum atomic E-state index is 13.3. The van der Waals surface area contributed by atoms with Gasteiger partial charge in [0.25, 0.3) is 5.91 Å². The minimum absolute atomic E-state index is 0.0406. The molecule has 7 unspecified atom stereocenters. The molecule has 0 radical (unpaired) electrons. The van der Waals surface area contributed by atoms with Gasteiger partial charge in [0.2, 0.25) is 0 Å². The number of halogens is 1. The summed E-state index contributed by atoms with van der Waals surface area (Å²) in [4.78, 5) is 89.3. The van der Waals surface area contributed by atoms with E-state index in [0.717, 1.165) is 119 Å². The van der Waals surface area contributed by atoms with E-state index >= 15 is 0 Å². The monoisotopic (exact) mass is 1890 g/mol. The summed E-state index contributed by atoms with van der Waals surface area (Å²) in [6.07, 6.45) is 36.0. The lowest BCUT2D eigenvalue weighted by atomic mass is 9.88. The summed E-state index contributed by atoms with van der Waals surface area (Å²) >= 11 is 0. The number of H-pyrrole nitrogens is 2. The number of aromatic amines is 2. The van der Waals surface area contributed by atoms with Gasteiger partial charge in [0.05, 0.1) is 30.6 Å². The van der Waals surface area contributed by atoms with E-state index in [0.29, 0.717) is 60.3 Å². The Kier molecular flexibility index (Phi) is 37.4. The standard InChI is InChI=1S/C25H30N4O.C22H34N2O2.C20H30N2O2.C17H26N2.C11H19NO3.C9H11N.C8H6N2O2.CH3F/c1-2-29(24(30)23-17-22-21(27-23)12-7-15-26-22)20-11-6-10-19(16-20)28-25(13-14-25)18-8-4-3-5-9-18;1-5-24(20(25)26-21(2,3)4)19-13-9-12-18(16-19)23-22(14-15-22)17-10-7-6-8-11-17;1-19(2,3)24-18(23)21-16-10-7-11-17(14-16)22-20(12-13-20)15-8-5-4-6-9-15;1-2-18-15-9-6-10-16(13-15)19-17(11-12-17)14-7-4-3-5-8-14;1-11(2,3)15-10(14)12-8-5-4-6-9(13)7-8;10-9(6-7-9)8-4-2-1-3-5-8;11-8(12)7-4-6-5(10-7)2-1-3-9-6;1-2/h3-5,7-9,12,15,17,19-20,27-28H,2,6,10-11,13-14,16H2,1H3;6-8,10-11,18-19,23H,5,9,12-16H2,1-4H3;4-6,8-9,16-17,22H,7,10-14H2,1-3H3,(H,21,23);3-5,7-8,15-16,18-19H,2,6,9-13H2,1H3;8H,4-7H2,1-3H3,(H,12,14);1-5H,6-7,10H2;1-4,10H,(H,11,12);1H3/t19-,20+;;;;;;;/m1......./s1/i;;;;;;;1D. The summed E-state index contributed by atoms with van der Waals surface area (Å²) < 4.78 is 31.6. The van der Waals surface area contributed by atoms with Crippen molar-refractivity contribution in [2.75, 3.05) is 26.8 Å². The molecule has 138 heavy (non-hydrogen) atoms. The topological polar surface area (TPSA) is 324 Å². The molecule has 9 atom stereocenters. The number of ketones is 1. The molecule has 25 heteroatoms. The number of Topliss-reactive ketones (excluding diaryl/α,β-unsaturated/α-hetero) is 1. The van der Waals surface area contributed by atoms with Crippen LogP contribution < -0.4 is 43.0 Å². The average Bonchev–Trinajstić information content (AvgIpc) is 1.59. The van der Waals surface area contributed by atoms with Gasteiger partial charge in [-0.05, 0) is 320 Å². The van der Waals surface area contributed by atoms with Crippen LogP contribution in [0, 0.1) is 0 Å². The number of carbonyl (C=O) groups is 6. The molecule has 19 rings (SSSR count). The molecule has 4 amide bonds. The van der Waals surface area contributed by atoms with Crippen molar-refractivity contribution in [1.29, 1.82) is 0 Å². The van der Waals surface area contributed by atoms with Gasteiger partial charge in [-0.15, -0.1) is 0 Å². The quantitative estimate of drug-likeness (QED) is 0.0265. The third kappa shape index (κ3) is 32.1. The van der Waals surface area contributed by atoms with E-state index in [-0.39, 0.29) is 75.9 Å². The minimum Gasteiger partial charge on any atom is -0.477 e. The van der Waals surface area contributed by atoms with Gasteiger partial charge in [0, 0.05) is 120 Å². The van der Waals surface area contributed by atoms with Gasteiger partial charge in [-0.1, -0.05) is 165 Å². The van der Waals surface area contributed by atoms with E-state index in [1.165, 1.54) is 130 Å². The molecule has 10 aliphatic rings. The lowest BCUT2D eigenvalue weighted by molar-refractivity contribution is -0.120. The Morgan fingerprint density at radius 1 is 0.442 bits per heavy atom. The zero-order valence-corrected chi connectivity index (χ0v) is 84.2. The number of fused-ring (bicyclic) bond motifs is 2. The van der Waals surface area contributed by atoms with E-state index in [4.69, 9.17) is 26.4 Å². The molecule has 4 heterocycles. The van der Waals surface area contributed by atoms with Crippen LogP contribution in [-0.4, -0.2) is 169 Å². The summed E-state index contributed by atoms with van der Waals surface area (Å²) in [6.45, 7) is 25.8. The molecule has 748 valence electrons. The average molecular weight is 1890 g/mol. The summed E-state index contributed by atoms with van der Waals surface area (Å²) in [6, 6.07) is 68.0. The van der Waals surface area contributed by atoms with Gasteiger partial charge in [0.15, 0.2) is 0 Å². The molecule has 10 saturated carbocycles. The number of hydrogen-bond donors (Lipinski definition) is 11. The molecule has 4 aromatic heterocycles. The van der Waals surface area contributed by atoms with Crippen LogP contribution in [0.4, 0.5) is 18.8 Å². The summed E-state index contributed by atoms with van der Waals surface area (Å²) in [5, 5.41) is 33.8. The number of alkyl carbamates (subject to hydrolysis) is 2. The predicted molar refractivity (Wildman–Crippen MR) is 549 cm³/mol. The number of carboxylic acids is 1. The number of nitrogens with one attached hydrogen (secondary N) is 9. The van der Waals surface area contributed by atoms with Crippen LogP contribution in [0.5, 0.6) is 0 Å². The number of nitrogens with zero attached hydrogens (tertiary/aromatic N) is 4. The predicted octanol–water partition coefficient (Wildman–Crippen LogP) is 22.2. The lowest BCUT2D eigenvalue weighted by Crippen LogP contribution is -2.50. The summed E-state index contributed by atoms with van der Waals surface area (Å²) in [7, 11) is -1.00. The van der Waals surface area contributed by atoms with Gasteiger partial charge >= 0.3 is 24.2 Å². The molecule has 0 spiro atoms. The van der Waals surface area contributed by atoms with Crippen LogP contribution >= 0.6 is 0 Å². The highest BCUT2D eigenvalue weighted by atomic mass is 19.1. The van der Waals surface area contributed by atoms with Crippen LogP contribution in [0.2, 0.25) is 0 Å². The normalized spacial score (nSPS) is 23.0. The van der Waals surface area contributed by atoms with Crippen LogP contribution in [0.3, 0.4) is 0 Å². The molecule has 5 aromatic carbocycles. The van der Waals surface area contributed by atoms with Gasteiger partial charge in [0.1, 0.15) is 34.0 Å². The van der Waals surface area contributed by atoms with Crippen LogP contribution in [-0.2, 0) is 46.7 Å². The fourth-order valence-corrected chi connectivity index (χ4v) is 20.6. The van der Waals surface area contributed by atoms with Crippen molar-refractivity contribution in [3.63, 3.8) is 0 Å². The van der Waals surface area contributed by atoms with Crippen molar-refractivity contribution in [3.8, 4) is 0 Å². The molecular formula is C113H159FN14O10. The second kappa shape index (κ2) is 49.1. The van der Waals surface area contributed by atoms with Crippen LogP contribution in [0.25, 0.3) is 22.1 Å². The maximum absolute atomic E-state index is 13.3. The largest absolute Gasteiger partial charge is 0.477 e. The smallest absolute Gasteiger partial charge is 0.410 e. The third-order valence-corrected chi connectivity index (χ3v) is 28.1. The van der Waals surface area contributed by atoms with E-state index in [9.17, 15) is 33.2 Å². The highest BCUT2D eigenvalue weighted by Gasteiger charge is 2.50. The number of carboxylic acid groups (broad SMARTS) is 1. The van der Waals surface area contributed by atoms with Gasteiger partial charge in [-0.2, -0.15) is 0 Å². The first-order valence-corrected chi connectivity index (χ1v) is 51.2. The molecule has 12 N–H and O–H groups in total. The zero-order valence-electron chi connectivity index (χ0n) is 85.2. The van der Waals surface area contributed by atoms with Gasteiger partial charge in [-0.25, -0.2) is 19.2 Å². The summed E-state index contributed by atoms with van der Waals surface area (Å²) in [5.74, 6) is -0.652. The number of hydrogen-bond acceptors (Lipinski definition) is 17. The van der Waals surface area contributed by atoms with Crippen molar-refractivity contribution in [2.24, 2.45) is 5.73 Å². The number of rotatable bonds is 23. The Morgan fingerprint density at radius 3 is 1.14 bits per heavy atom. The molecule has 9 aromatic rings. The second-order valence-corrected chi connectivity index (χ2v) is 42.6. The first-order chi connectivity index (χ1) is 66.6. The minimum atomic E-state index is -1.00. The van der Waals surface area contributed by atoms with Gasteiger partial charge in [-0.3, -0.25) is 23.9 Å². The number of ether oxygens (including phenoxy) is 3. The number of aromatic nitrogens is 4. The Bertz CT molecular complexity index is 5240. The van der Waals surface area contributed by atoms with E-state index < -0.39 is 36.0 Å². The van der Waals surface area contributed by atoms with Crippen molar-refractivity contribution in [3.05, 3.63) is 240 Å². The van der Waals surface area contributed by atoms with Crippen molar-refractivity contribution in [2.45, 2.75) is 375 Å². The molecule has 0 bridgehead atoms. The highest BCUT2D eigenvalue weighted by Crippen LogP contribution is 2.51. The lowest BCUT2D eigenvalue weighted by Gasteiger charge is -2.39. The first kappa shape index (κ1) is 105. The van der Waals surface area contributed by atoms with Gasteiger partial charge < -0.3 is 82.0 Å². The molecule has 0 aliphatic heterocycles. The summed E-state index contributed by atoms with van der Waals surface area (Å²) in [5.41, 5.74) is 16.4. The number of alkyl halides is 1. The van der Waals surface area contributed by atoms with E-state index in [1.807, 2.05) is 111 Å². The van der Waals surface area contributed by atoms with E-state index in [1.54, 1.807) is 24.5 Å². The van der Waals surface area contributed by atoms with Crippen molar-refractivity contribution in [1.82, 2.24) is 67.0 Å². The number of carbonyl (C=O) groups excluding carboxylic acids is 5. The Labute approximate surface area is 821 Å². The number of benzene rings is 5. The molecule has 10 aliphatic carbocycles. The molecule has 10 fully saturated rings. The Balaban J connectivity index is 0.000000148. The van der Waals surface area contributed by atoms with Crippen molar-refractivity contribution >= 4 is 58.0 Å². The number of pyridine rings is 2. The highest BCUT2D eigenvalue weighted by molar-refractivity contribution is 5.97. The van der Waals surface area contributed by atoms with Crippen LogP contribution in [0.1, 0.15) is 326 Å². The number of nitrogens with two attached hydrogens (primary N) is 1. The zero-order chi connectivity index (χ0) is 99.4. The van der Waals surface area contributed by atoms with Crippen LogP contribution in [0.15, 0.2) is 200 Å². The molecule has 0 saturated heterocycles. The Hall–Kier alpha value is -10.4. The third-order valence-electron chi connectivity index (χ3n) is 28.1. The first-order valence-electron chi connectivity index (χ1n) is 52.0. The molecule has 24 nitrogen and oxygen atoms in total.